The summed E-state index contributed by atoms with van der Waals surface area (Å²) in [6.45, 7) is 5.23. The van der Waals surface area contributed by atoms with Gasteiger partial charge < -0.3 is 9.15 Å². The van der Waals surface area contributed by atoms with Crippen molar-refractivity contribution in [3.63, 3.8) is 0 Å². The molecule has 0 bridgehead atoms. The maximum atomic E-state index is 12.1. The largest absolute Gasteiger partial charge is 0.468 e. The van der Waals surface area contributed by atoms with Crippen molar-refractivity contribution in [2.45, 2.75) is 26.0 Å². The third-order valence-electron chi connectivity index (χ3n) is 5.03. The second kappa shape index (κ2) is 6.93. The average Bonchev–Trinajstić information content (AvgIpc) is 3.17. The molecule has 0 N–H and O–H groups in total. The van der Waals surface area contributed by atoms with Gasteiger partial charge in [0.05, 0.1) is 31.3 Å². The maximum Gasteiger partial charge on any atom is 0.213 e. The first-order valence-electron chi connectivity index (χ1n) is 8.30. The lowest BCUT2D eigenvalue weighted by Gasteiger charge is -2.35. The fraction of sp³-hybridized carbons (Fsp3) is 0.750. The summed E-state index contributed by atoms with van der Waals surface area (Å²) in [5.74, 6) is 1.89. The van der Waals surface area contributed by atoms with Crippen LogP contribution in [-0.4, -0.2) is 62.8 Å². The van der Waals surface area contributed by atoms with Crippen LogP contribution in [0.25, 0.3) is 0 Å². The highest BCUT2D eigenvalue weighted by molar-refractivity contribution is 7.89. The molecule has 23 heavy (non-hydrogen) atoms. The van der Waals surface area contributed by atoms with E-state index in [-0.39, 0.29) is 11.9 Å². The minimum atomic E-state index is -3.10. The van der Waals surface area contributed by atoms with E-state index in [2.05, 4.69) is 4.90 Å². The van der Waals surface area contributed by atoms with Crippen molar-refractivity contribution >= 4 is 10.0 Å². The normalized spacial score (nSPS) is 29.1. The second-order valence-corrected chi connectivity index (χ2v) is 8.88. The monoisotopic (exact) mass is 342 g/mol. The first-order chi connectivity index (χ1) is 11.0. The number of hydrogen-bond acceptors (Lipinski definition) is 5. The van der Waals surface area contributed by atoms with Crippen LogP contribution < -0.4 is 0 Å². The maximum absolute atomic E-state index is 12.1. The first kappa shape index (κ1) is 17.0. The molecule has 0 saturated carbocycles. The molecule has 3 rings (SSSR count). The summed E-state index contributed by atoms with van der Waals surface area (Å²) in [5, 5.41) is 0. The van der Waals surface area contributed by atoms with E-state index in [1.54, 1.807) is 17.5 Å². The molecule has 0 unspecified atom stereocenters. The van der Waals surface area contributed by atoms with Crippen LogP contribution in [0.3, 0.4) is 0 Å². The summed E-state index contributed by atoms with van der Waals surface area (Å²) in [4.78, 5) is 2.18. The summed E-state index contributed by atoms with van der Waals surface area (Å²) in [5.41, 5.74) is 0. The van der Waals surface area contributed by atoms with Gasteiger partial charge in [-0.3, -0.25) is 4.90 Å². The number of sulfonamides is 1. The lowest BCUT2D eigenvalue weighted by atomic mass is 9.85. The number of ether oxygens (including phenoxy) is 1. The van der Waals surface area contributed by atoms with Crippen LogP contribution in [0.1, 0.15) is 19.1 Å². The molecule has 7 heteroatoms. The highest BCUT2D eigenvalue weighted by atomic mass is 32.2. The number of hydrogen-bond donors (Lipinski definition) is 0. The van der Waals surface area contributed by atoms with Crippen molar-refractivity contribution in [1.82, 2.24) is 9.21 Å². The van der Waals surface area contributed by atoms with Crippen molar-refractivity contribution in [1.29, 1.82) is 0 Å². The molecular formula is C16H26N2O4S. The predicted octanol–water partition coefficient (Wildman–Crippen LogP) is 1.40. The molecule has 0 radical (unpaired) electrons. The van der Waals surface area contributed by atoms with Crippen LogP contribution in [0.2, 0.25) is 0 Å². The number of rotatable bonds is 6. The summed E-state index contributed by atoms with van der Waals surface area (Å²) in [7, 11) is -1.06. The Morgan fingerprint density at radius 3 is 2.96 bits per heavy atom. The molecule has 3 atom stereocenters. The van der Waals surface area contributed by atoms with Crippen molar-refractivity contribution < 1.29 is 17.6 Å². The van der Waals surface area contributed by atoms with E-state index in [0.29, 0.717) is 24.9 Å². The Morgan fingerprint density at radius 2 is 2.26 bits per heavy atom. The number of furan rings is 1. The second-order valence-electron chi connectivity index (χ2n) is 6.62. The van der Waals surface area contributed by atoms with Gasteiger partial charge in [0.1, 0.15) is 5.76 Å². The van der Waals surface area contributed by atoms with Gasteiger partial charge in [-0.15, -0.1) is 0 Å². The Morgan fingerprint density at radius 1 is 1.43 bits per heavy atom. The third-order valence-corrected chi connectivity index (χ3v) is 6.87. The van der Waals surface area contributed by atoms with E-state index in [4.69, 9.17) is 9.15 Å². The molecule has 1 aromatic heterocycles. The standard InChI is InChI=1S/C16H26N2O4S/c1-3-23(19,20)18-7-6-13-12-22-16(15(13)10-18)11-17(2)9-14-5-4-8-21-14/h4-5,8,13,15-16H,3,6-7,9-12H2,1-2H3/t13-,15-,16+/m1/s1. The molecule has 0 spiro atoms. The average molecular weight is 342 g/mol. The molecule has 3 heterocycles. The molecule has 2 aliphatic heterocycles. The van der Waals surface area contributed by atoms with E-state index in [0.717, 1.165) is 31.9 Å². The Balaban J connectivity index is 1.60. The number of likely N-dealkylation sites (N-methyl/N-ethyl adjacent to an activating group) is 1. The van der Waals surface area contributed by atoms with Gasteiger partial charge in [0, 0.05) is 25.6 Å². The molecule has 1 aromatic rings. The third kappa shape index (κ3) is 3.79. The highest BCUT2D eigenvalue weighted by Gasteiger charge is 2.43. The highest BCUT2D eigenvalue weighted by Crippen LogP contribution is 2.35. The van der Waals surface area contributed by atoms with Gasteiger partial charge in [0.25, 0.3) is 0 Å². The Labute approximate surface area is 138 Å². The topological polar surface area (TPSA) is 63.0 Å². The number of piperidine rings is 1. The number of fused-ring (bicyclic) bond motifs is 1. The molecule has 0 aliphatic carbocycles. The van der Waals surface area contributed by atoms with Crippen LogP contribution in [-0.2, 0) is 21.3 Å². The zero-order chi connectivity index (χ0) is 16.4. The van der Waals surface area contributed by atoms with E-state index < -0.39 is 10.0 Å². The molecule has 130 valence electrons. The fourth-order valence-corrected chi connectivity index (χ4v) is 4.81. The van der Waals surface area contributed by atoms with E-state index >= 15 is 0 Å². The van der Waals surface area contributed by atoms with Crippen LogP contribution in [0.4, 0.5) is 0 Å². The zero-order valence-electron chi connectivity index (χ0n) is 13.8. The minimum absolute atomic E-state index is 0.0924. The quantitative estimate of drug-likeness (QED) is 0.782. The first-order valence-corrected chi connectivity index (χ1v) is 9.91. The lowest BCUT2D eigenvalue weighted by Crippen LogP contribution is -2.47. The van der Waals surface area contributed by atoms with Gasteiger partial charge in [0.2, 0.25) is 10.0 Å². The van der Waals surface area contributed by atoms with Gasteiger partial charge in [0.15, 0.2) is 0 Å². The summed E-state index contributed by atoms with van der Waals surface area (Å²) >= 11 is 0. The van der Waals surface area contributed by atoms with Crippen LogP contribution in [0.15, 0.2) is 22.8 Å². The van der Waals surface area contributed by atoms with Crippen LogP contribution >= 0.6 is 0 Å². The summed E-state index contributed by atoms with van der Waals surface area (Å²) in [6, 6.07) is 3.85. The number of nitrogens with zero attached hydrogens (tertiary/aromatic N) is 2. The van der Waals surface area contributed by atoms with Gasteiger partial charge in [-0.25, -0.2) is 12.7 Å². The molecule has 2 aliphatic rings. The van der Waals surface area contributed by atoms with Crippen molar-refractivity contribution in [3.05, 3.63) is 24.2 Å². The Bertz CT molecular complexity index is 602. The van der Waals surface area contributed by atoms with Gasteiger partial charge in [-0.2, -0.15) is 0 Å². The fourth-order valence-electron chi connectivity index (χ4n) is 3.66. The van der Waals surface area contributed by atoms with Crippen LogP contribution in [0, 0.1) is 11.8 Å². The Kier molecular flexibility index (Phi) is 5.10. The summed E-state index contributed by atoms with van der Waals surface area (Å²) in [6.07, 6.45) is 2.68. The minimum Gasteiger partial charge on any atom is -0.468 e. The molecule has 0 amide bonds. The zero-order valence-corrected chi connectivity index (χ0v) is 14.7. The molecular weight excluding hydrogens is 316 g/mol. The lowest BCUT2D eigenvalue weighted by molar-refractivity contribution is 0.0544. The van der Waals surface area contributed by atoms with E-state index in [1.165, 1.54) is 0 Å². The smallest absolute Gasteiger partial charge is 0.213 e. The SMILES string of the molecule is CCS(=O)(=O)N1CC[C@@H]2CO[C@@H](CN(C)Cc3ccco3)[C@@H]2C1. The van der Waals surface area contributed by atoms with Crippen molar-refractivity contribution in [2.24, 2.45) is 11.8 Å². The van der Waals surface area contributed by atoms with Crippen molar-refractivity contribution in [3.8, 4) is 0 Å². The molecule has 2 saturated heterocycles. The summed E-state index contributed by atoms with van der Waals surface area (Å²) < 4.78 is 37.3. The molecule has 6 nitrogen and oxygen atoms in total. The predicted molar refractivity (Wildman–Crippen MR) is 87.4 cm³/mol. The van der Waals surface area contributed by atoms with E-state index in [1.807, 2.05) is 19.2 Å². The van der Waals surface area contributed by atoms with Crippen LogP contribution in [0.5, 0.6) is 0 Å². The van der Waals surface area contributed by atoms with Gasteiger partial charge >= 0.3 is 0 Å². The Hall–Kier alpha value is -0.890. The molecule has 2 fully saturated rings. The van der Waals surface area contributed by atoms with Gasteiger partial charge in [-0.1, -0.05) is 0 Å². The van der Waals surface area contributed by atoms with Gasteiger partial charge in [-0.05, 0) is 38.4 Å². The molecule has 0 aromatic carbocycles. The van der Waals surface area contributed by atoms with E-state index in [9.17, 15) is 8.42 Å². The van der Waals surface area contributed by atoms with Crippen molar-refractivity contribution in [2.75, 3.05) is 39.0 Å².